The Hall–Kier alpha value is -3.78. The van der Waals surface area contributed by atoms with E-state index in [1.807, 2.05) is 13.1 Å². The number of halogens is 1. The van der Waals surface area contributed by atoms with Crippen LogP contribution in [0.15, 0.2) is 70.4 Å². The maximum Gasteiger partial charge on any atom is 0.300 e. The first-order valence-electron chi connectivity index (χ1n) is 13.7. The van der Waals surface area contributed by atoms with E-state index in [0.29, 0.717) is 49.8 Å². The summed E-state index contributed by atoms with van der Waals surface area (Å²) in [7, 11) is -2.30. The first-order valence-corrected chi connectivity index (χ1v) is 15.1. The number of sulfonamides is 1. The topological polar surface area (TPSA) is 115 Å². The number of morpholine rings is 1. The third-order valence-electron chi connectivity index (χ3n) is 7.07. The lowest BCUT2D eigenvalue weighted by atomic mass is 10.0. The van der Waals surface area contributed by atoms with Gasteiger partial charge in [-0.1, -0.05) is 0 Å². The first-order chi connectivity index (χ1) is 20.2. The second-order valence-corrected chi connectivity index (χ2v) is 11.7. The van der Waals surface area contributed by atoms with Crippen molar-refractivity contribution in [2.45, 2.75) is 25.0 Å². The molecule has 1 unspecified atom stereocenters. The fraction of sp³-hybridized carbons (Fsp3) is 0.379. The van der Waals surface area contributed by atoms with E-state index < -0.39 is 22.1 Å². The van der Waals surface area contributed by atoms with E-state index in [1.165, 1.54) is 29.7 Å². The van der Waals surface area contributed by atoms with Crippen molar-refractivity contribution in [1.29, 1.82) is 0 Å². The van der Waals surface area contributed by atoms with Crippen molar-refractivity contribution in [3.63, 3.8) is 0 Å². The standard InChI is InChI=1S/C29H34FN5O6S/c1-4-40-29-24(32-42(37,38)26-7-6-23(30)15-20(26)2)16-22(18-33(29)3)21-5-8-27-31-17-25(28(36)35(27)19-21)41-14-11-34-9-12-39-13-10-34/h5-8,15-19,29,32H,4,9-14H2,1-3H3. The van der Waals surface area contributed by atoms with Crippen LogP contribution in [0.3, 0.4) is 0 Å². The fourth-order valence-electron chi connectivity index (χ4n) is 4.95. The van der Waals surface area contributed by atoms with Crippen molar-refractivity contribution in [3.05, 3.63) is 88.0 Å². The van der Waals surface area contributed by atoms with Crippen LogP contribution in [0.4, 0.5) is 4.39 Å². The highest BCUT2D eigenvalue weighted by molar-refractivity contribution is 7.89. The van der Waals surface area contributed by atoms with Gasteiger partial charge in [-0.25, -0.2) is 17.8 Å². The molecule has 0 amide bonds. The average molecular weight is 600 g/mol. The molecular formula is C29H34FN5O6S. The number of benzene rings is 1. The van der Waals surface area contributed by atoms with Crippen molar-refractivity contribution in [2.24, 2.45) is 0 Å². The van der Waals surface area contributed by atoms with Crippen LogP contribution in [0, 0.1) is 12.7 Å². The van der Waals surface area contributed by atoms with Crippen molar-refractivity contribution in [3.8, 4) is 5.75 Å². The molecule has 2 aliphatic rings. The highest BCUT2D eigenvalue weighted by atomic mass is 32.2. The fourth-order valence-corrected chi connectivity index (χ4v) is 6.26. The van der Waals surface area contributed by atoms with E-state index in [9.17, 15) is 17.6 Å². The van der Waals surface area contributed by atoms with E-state index >= 15 is 0 Å². The monoisotopic (exact) mass is 599 g/mol. The molecule has 1 saturated heterocycles. The van der Waals surface area contributed by atoms with E-state index in [4.69, 9.17) is 14.2 Å². The molecule has 42 heavy (non-hydrogen) atoms. The molecule has 3 aromatic rings. The van der Waals surface area contributed by atoms with Gasteiger partial charge in [-0.2, -0.15) is 0 Å². The summed E-state index contributed by atoms with van der Waals surface area (Å²) < 4.78 is 61.4. The number of rotatable bonds is 10. The first kappa shape index (κ1) is 29.7. The quantitative estimate of drug-likeness (QED) is 0.375. The summed E-state index contributed by atoms with van der Waals surface area (Å²) in [5.41, 5.74) is 1.92. The van der Waals surface area contributed by atoms with Gasteiger partial charge in [0.1, 0.15) is 18.1 Å². The molecule has 2 aromatic heterocycles. The maximum atomic E-state index is 13.6. The number of nitrogens with zero attached hydrogens (tertiary/aromatic N) is 4. The number of allylic oxidation sites excluding steroid dienone is 2. The van der Waals surface area contributed by atoms with Gasteiger partial charge in [0.2, 0.25) is 5.75 Å². The maximum absolute atomic E-state index is 13.6. The molecule has 0 bridgehead atoms. The Bertz CT molecular complexity index is 1680. The largest absolute Gasteiger partial charge is 0.485 e. The van der Waals surface area contributed by atoms with E-state index in [0.717, 1.165) is 19.2 Å². The summed E-state index contributed by atoms with van der Waals surface area (Å²) in [4.78, 5) is 21.6. The Morgan fingerprint density at radius 2 is 1.98 bits per heavy atom. The predicted octanol–water partition coefficient (Wildman–Crippen LogP) is 2.36. The molecule has 224 valence electrons. The van der Waals surface area contributed by atoms with E-state index in [-0.39, 0.29) is 27.5 Å². The second kappa shape index (κ2) is 12.6. The Balaban J connectivity index is 1.43. The number of ether oxygens (including phenoxy) is 3. The third kappa shape index (κ3) is 6.49. The van der Waals surface area contributed by atoms with E-state index in [1.54, 1.807) is 36.4 Å². The molecular weight excluding hydrogens is 565 g/mol. The zero-order valence-electron chi connectivity index (χ0n) is 23.7. The molecule has 0 saturated carbocycles. The lowest BCUT2D eigenvalue weighted by molar-refractivity contribution is 0.00332. The van der Waals surface area contributed by atoms with Crippen LogP contribution in [0.1, 0.15) is 18.1 Å². The average Bonchev–Trinajstić information content (AvgIpc) is 2.96. The third-order valence-corrected chi connectivity index (χ3v) is 8.61. The highest BCUT2D eigenvalue weighted by Gasteiger charge is 2.28. The minimum absolute atomic E-state index is 0.0386. The molecule has 0 radical (unpaired) electrons. The van der Waals surface area contributed by atoms with Crippen LogP contribution in [0.25, 0.3) is 11.2 Å². The summed E-state index contributed by atoms with van der Waals surface area (Å²) in [5.74, 6) is -0.380. The molecule has 1 aromatic carbocycles. The zero-order chi connectivity index (χ0) is 29.9. The Morgan fingerprint density at radius 1 is 1.19 bits per heavy atom. The molecule has 2 aliphatic heterocycles. The lowest BCUT2D eigenvalue weighted by Gasteiger charge is -2.33. The molecule has 11 nitrogen and oxygen atoms in total. The van der Waals surface area contributed by atoms with Crippen LogP contribution in [-0.2, 0) is 19.5 Å². The minimum Gasteiger partial charge on any atom is -0.485 e. The van der Waals surface area contributed by atoms with Crippen LogP contribution >= 0.6 is 0 Å². The molecule has 5 rings (SSSR count). The van der Waals surface area contributed by atoms with Gasteiger partial charge in [-0.3, -0.25) is 18.8 Å². The summed E-state index contributed by atoms with van der Waals surface area (Å²) in [5, 5.41) is 0. The minimum atomic E-state index is -4.06. The number of hydrogen-bond donors (Lipinski definition) is 1. The van der Waals surface area contributed by atoms with Crippen molar-refractivity contribution >= 4 is 21.2 Å². The number of hydrogen-bond acceptors (Lipinski definition) is 9. The number of aryl methyl sites for hydroxylation is 1. The number of nitrogens with one attached hydrogen (secondary N) is 1. The highest BCUT2D eigenvalue weighted by Crippen LogP contribution is 2.28. The molecule has 1 N–H and O–H groups in total. The van der Waals surface area contributed by atoms with Crippen molar-refractivity contribution in [1.82, 2.24) is 23.9 Å². The number of likely N-dealkylation sites (N-methyl/N-ethyl adjacent to an activating group) is 1. The van der Waals surface area contributed by atoms with Gasteiger partial charge < -0.3 is 19.1 Å². The molecule has 1 fully saturated rings. The van der Waals surface area contributed by atoms with Gasteiger partial charge in [0, 0.05) is 56.8 Å². The van der Waals surface area contributed by atoms with Gasteiger partial charge in [0.15, 0.2) is 6.23 Å². The van der Waals surface area contributed by atoms with Crippen molar-refractivity contribution < 1.29 is 27.0 Å². The van der Waals surface area contributed by atoms with Gasteiger partial charge in [0.25, 0.3) is 15.6 Å². The summed E-state index contributed by atoms with van der Waals surface area (Å²) >= 11 is 0. The van der Waals surface area contributed by atoms with Crippen LogP contribution in [0.5, 0.6) is 5.75 Å². The van der Waals surface area contributed by atoms with Crippen molar-refractivity contribution in [2.75, 3.05) is 53.1 Å². The number of pyridine rings is 1. The lowest BCUT2D eigenvalue weighted by Crippen LogP contribution is -2.41. The summed E-state index contributed by atoms with van der Waals surface area (Å²) in [6.45, 7) is 7.71. The molecule has 4 heterocycles. The van der Waals surface area contributed by atoms with Gasteiger partial charge >= 0.3 is 0 Å². The molecule has 0 aliphatic carbocycles. The Labute approximate surface area is 243 Å². The zero-order valence-corrected chi connectivity index (χ0v) is 24.6. The SMILES string of the molecule is CCOC1C(NS(=O)(=O)c2ccc(F)cc2C)=CC(c2ccc3ncc(OCCN4CCOCC4)c(=O)n3c2)=CN1C. The Kier molecular flexibility index (Phi) is 8.92. The normalized spacial score (nSPS) is 18.1. The predicted molar refractivity (Wildman–Crippen MR) is 155 cm³/mol. The van der Waals surface area contributed by atoms with Gasteiger partial charge in [-0.05, 0) is 55.8 Å². The smallest absolute Gasteiger partial charge is 0.300 e. The number of fused-ring (bicyclic) bond motifs is 1. The van der Waals surface area contributed by atoms with E-state index in [2.05, 4.69) is 14.6 Å². The van der Waals surface area contributed by atoms with Gasteiger partial charge in [0.05, 0.1) is 30.0 Å². The van der Waals surface area contributed by atoms with Gasteiger partial charge in [-0.15, -0.1) is 0 Å². The summed E-state index contributed by atoms with van der Waals surface area (Å²) in [6.07, 6.45) is 5.84. The molecule has 0 spiro atoms. The molecule has 1 atom stereocenters. The van der Waals surface area contributed by atoms with Crippen LogP contribution in [0.2, 0.25) is 0 Å². The Morgan fingerprint density at radius 3 is 2.71 bits per heavy atom. The molecule has 13 heteroatoms. The van der Waals surface area contributed by atoms with Crippen LogP contribution in [-0.4, -0.2) is 86.9 Å². The van der Waals surface area contributed by atoms with Crippen LogP contribution < -0.4 is 15.0 Å². The number of aromatic nitrogens is 2. The summed E-state index contributed by atoms with van der Waals surface area (Å²) in [6, 6.07) is 7.02. The second-order valence-electron chi connectivity index (χ2n) is 10.0.